The first-order chi connectivity index (χ1) is 10.0. The highest BCUT2D eigenvalue weighted by molar-refractivity contribution is 5.95. The zero-order chi connectivity index (χ0) is 15.8. The molecule has 0 aliphatic rings. The molecule has 1 aromatic carbocycles. The molecule has 7 heteroatoms. The van der Waals surface area contributed by atoms with Gasteiger partial charge in [0.2, 0.25) is 0 Å². The number of amides is 1. The number of benzene rings is 1. The molecule has 0 unspecified atom stereocenters. The van der Waals surface area contributed by atoms with Gasteiger partial charge < -0.3 is 15.3 Å². The number of nitrogens with zero attached hydrogens (tertiary/aromatic N) is 2. The van der Waals surface area contributed by atoms with E-state index in [0.29, 0.717) is 31.7 Å². The molecule has 0 heterocycles. The van der Waals surface area contributed by atoms with Gasteiger partial charge in [-0.2, -0.15) is 0 Å². The molecule has 0 spiro atoms. The molecule has 7 nitrogen and oxygen atoms in total. The molecule has 0 saturated heterocycles. The number of hydrogen-bond acceptors (Lipinski definition) is 5. The molecular formula is C14H21N3O4. The molecule has 2 N–H and O–H groups in total. The number of hydrogen-bond donors (Lipinski definition) is 2. The van der Waals surface area contributed by atoms with Gasteiger partial charge in [0.1, 0.15) is 5.69 Å². The van der Waals surface area contributed by atoms with Crippen LogP contribution in [0.2, 0.25) is 0 Å². The molecule has 1 amide bonds. The SMILES string of the molecule is CCNC(=O)c1ccc(N(CC)CCCO)c([N+](=O)[O-])c1. The summed E-state index contributed by atoms with van der Waals surface area (Å²) in [5.74, 6) is -0.328. The van der Waals surface area contributed by atoms with E-state index in [4.69, 9.17) is 5.11 Å². The predicted molar refractivity (Wildman–Crippen MR) is 80.7 cm³/mol. The molecule has 1 rings (SSSR count). The van der Waals surface area contributed by atoms with Gasteiger partial charge >= 0.3 is 0 Å². The third-order valence-electron chi connectivity index (χ3n) is 3.08. The lowest BCUT2D eigenvalue weighted by molar-refractivity contribution is -0.384. The van der Waals surface area contributed by atoms with Crippen LogP contribution in [-0.4, -0.2) is 42.2 Å². The van der Waals surface area contributed by atoms with Gasteiger partial charge in [-0.3, -0.25) is 14.9 Å². The second kappa shape index (κ2) is 8.21. The van der Waals surface area contributed by atoms with Gasteiger partial charge in [0.05, 0.1) is 4.92 Å². The van der Waals surface area contributed by atoms with Crippen molar-refractivity contribution in [2.24, 2.45) is 0 Å². The van der Waals surface area contributed by atoms with Crippen LogP contribution < -0.4 is 10.2 Å². The van der Waals surface area contributed by atoms with Crippen molar-refractivity contribution >= 4 is 17.3 Å². The highest BCUT2D eigenvalue weighted by atomic mass is 16.6. The fraction of sp³-hybridized carbons (Fsp3) is 0.500. The molecule has 0 radical (unpaired) electrons. The maximum Gasteiger partial charge on any atom is 0.293 e. The Hall–Kier alpha value is -2.15. The van der Waals surface area contributed by atoms with Gasteiger partial charge in [0, 0.05) is 37.9 Å². The van der Waals surface area contributed by atoms with Crippen LogP contribution in [0.5, 0.6) is 0 Å². The summed E-state index contributed by atoms with van der Waals surface area (Å²) in [6.45, 7) is 5.27. The zero-order valence-corrected chi connectivity index (χ0v) is 12.3. The number of rotatable bonds is 8. The molecule has 0 fully saturated rings. The third kappa shape index (κ3) is 4.42. The van der Waals surface area contributed by atoms with E-state index in [1.54, 1.807) is 19.1 Å². The molecule has 116 valence electrons. The van der Waals surface area contributed by atoms with E-state index in [1.807, 2.05) is 11.8 Å². The van der Waals surface area contributed by atoms with E-state index in [1.165, 1.54) is 6.07 Å². The zero-order valence-electron chi connectivity index (χ0n) is 12.3. The largest absolute Gasteiger partial charge is 0.396 e. The first kappa shape index (κ1) is 16.9. The Balaban J connectivity index is 3.14. The Bertz CT molecular complexity index is 505. The summed E-state index contributed by atoms with van der Waals surface area (Å²) in [5, 5.41) is 22.8. The van der Waals surface area contributed by atoms with Crippen LogP contribution >= 0.6 is 0 Å². The fourth-order valence-corrected chi connectivity index (χ4v) is 2.05. The van der Waals surface area contributed by atoms with Crippen molar-refractivity contribution in [3.05, 3.63) is 33.9 Å². The minimum Gasteiger partial charge on any atom is -0.396 e. The van der Waals surface area contributed by atoms with E-state index in [9.17, 15) is 14.9 Å². The van der Waals surface area contributed by atoms with Gasteiger partial charge in [-0.15, -0.1) is 0 Å². The van der Waals surface area contributed by atoms with Crippen molar-refractivity contribution in [2.75, 3.05) is 31.1 Å². The van der Waals surface area contributed by atoms with Crippen LogP contribution in [-0.2, 0) is 0 Å². The van der Waals surface area contributed by atoms with Crippen LogP contribution in [0.15, 0.2) is 18.2 Å². The third-order valence-corrected chi connectivity index (χ3v) is 3.08. The molecule has 1 aromatic rings. The molecule has 0 aliphatic heterocycles. The summed E-state index contributed by atoms with van der Waals surface area (Å²) in [6, 6.07) is 4.46. The van der Waals surface area contributed by atoms with Crippen molar-refractivity contribution in [1.82, 2.24) is 5.32 Å². The summed E-state index contributed by atoms with van der Waals surface area (Å²) in [4.78, 5) is 24.3. The van der Waals surface area contributed by atoms with Crippen molar-refractivity contribution in [1.29, 1.82) is 0 Å². The minimum atomic E-state index is -0.486. The number of anilines is 1. The van der Waals surface area contributed by atoms with Crippen molar-refractivity contribution in [2.45, 2.75) is 20.3 Å². The van der Waals surface area contributed by atoms with Crippen molar-refractivity contribution in [3.63, 3.8) is 0 Å². The van der Waals surface area contributed by atoms with Crippen LogP contribution in [0.4, 0.5) is 11.4 Å². The second-order valence-corrected chi connectivity index (χ2v) is 4.48. The van der Waals surface area contributed by atoms with Crippen LogP contribution in [0, 0.1) is 10.1 Å². The van der Waals surface area contributed by atoms with Gasteiger partial charge in [0.25, 0.3) is 11.6 Å². The number of nitro benzene ring substituents is 1. The average molecular weight is 295 g/mol. The van der Waals surface area contributed by atoms with Crippen LogP contribution in [0.25, 0.3) is 0 Å². The Kier molecular flexibility index (Phi) is 6.61. The lowest BCUT2D eigenvalue weighted by Gasteiger charge is -2.22. The molecule has 0 bridgehead atoms. The second-order valence-electron chi connectivity index (χ2n) is 4.48. The number of aliphatic hydroxyl groups is 1. The highest BCUT2D eigenvalue weighted by Crippen LogP contribution is 2.29. The van der Waals surface area contributed by atoms with Gasteiger partial charge in [-0.05, 0) is 32.4 Å². The summed E-state index contributed by atoms with van der Waals surface area (Å²) >= 11 is 0. The van der Waals surface area contributed by atoms with Crippen molar-refractivity contribution < 1.29 is 14.8 Å². The molecule has 21 heavy (non-hydrogen) atoms. The Labute approximate surface area is 123 Å². The maximum atomic E-state index is 11.8. The first-order valence-corrected chi connectivity index (χ1v) is 6.97. The van der Waals surface area contributed by atoms with Crippen molar-refractivity contribution in [3.8, 4) is 0 Å². The predicted octanol–water partition coefficient (Wildman–Crippen LogP) is 1.55. The standard InChI is InChI=1S/C14H21N3O4/c1-3-15-14(19)11-6-7-12(13(10-11)17(20)21)16(4-2)8-5-9-18/h6-7,10,18H,3-5,8-9H2,1-2H3,(H,15,19). The number of nitrogens with one attached hydrogen (secondary N) is 1. The van der Waals surface area contributed by atoms with E-state index in [2.05, 4.69) is 5.32 Å². The van der Waals surface area contributed by atoms with Gasteiger partial charge in [-0.25, -0.2) is 0 Å². The van der Waals surface area contributed by atoms with E-state index >= 15 is 0 Å². The molecule has 0 aliphatic carbocycles. The lowest BCUT2D eigenvalue weighted by atomic mass is 10.1. The Morgan fingerprint density at radius 1 is 1.43 bits per heavy atom. The topological polar surface area (TPSA) is 95.7 Å². The molecule has 0 saturated carbocycles. The summed E-state index contributed by atoms with van der Waals surface area (Å²) in [6.07, 6.45) is 0.531. The summed E-state index contributed by atoms with van der Waals surface area (Å²) < 4.78 is 0. The monoisotopic (exact) mass is 295 g/mol. The normalized spacial score (nSPS) is 10.2. The number of aliphatic hydroxyl groups excluding tert-OH is 1. The number of carbonyl (C=O) groups excluding carboxylic acids is 1. The van der Waals surface area contributed by atoms with Crippen LogP contribution in [0.3, 0.4) is 0 Å². The number of nitro groups is 1. The smallest absolute Gasteiger partial charge is 0.293 e. The Morgan fingerprint density at radius 3 is 2.67 bits per heavy atom. The van der Waals surface area contributed by atoms with Crippen LogP contribution in [0.1, 0.15) is 30.6 Å². The molecule has 0 aromatic heterocycles. The summed E-state index contributed by atoms with van der Waals surface area (Å²) in [7, 11) is 0. The highest BCUT2D eigenvalue weighted by Gasteiger charge is 2.20. The Morgan fingerprint density at radius 2 is 2.14 bits per heavy atom. The lowest BCUT2D eigenvalue weighted by Crippen LogP contribution is -2.26. The number of carbonyl (C=O) groups is 1. The average Bonchev–Trinajstić information content (AvgIpc) is 2.48. The molecular weight excluding hydrogens is 274 g/mol. The van der Waals surface area contributed by atoms with E-state index in [0.717, 1.165) is 0 Å². The molecule has 0 atom stereocenters. The quantitative estimate of drug-likeness (QED) is 0.560. The van der Waals surface area contributed by atoms with E-state index < -0.39 is 4.92 Å². The van der Waals surface area contributed by atoms with Gasteiger partial charge in [-0.1, -0.05) is 0 Å². The van der Waals surface area contributed by atoms with E-state index in [-0.39, 0.29) is 23.8 Å². The maximum absolute atomic E-state index is 11.8. The fourth-order valence-electron chi connectivity index (χ4n) is 2.05. The summed E-state index contributed by atoms with van der Waals surface area (Å²) in [5.41, 5.74) is 0.632. The minimum absolute atomic E-state index is 0.0291. The first-order valence-electron chi connectivity index (χ1n) is 6.97. The van der Waals surface area contributed by atoms with Gasteiger partial charge in [0.15, 0.2) is 0 Å².